The molecule has 0 aliphatic heterocycles. The first kappa shape index (κ1) is 11.7. The molecular weight excluding hydrogens is 194 g/mol. The molecule has 1 nitrogen and oxygen atoms in total. The van der Waals surface area contributed by atoms with Gasteiger partial charge >= 0.3 is 0 Å². The average molecular weight is 217 g/mol. The Bertz CT molecular complexity index is 306. The number of nitrogens with one attached hydrogen (secondary N) is 1. The molecule has 3 atom stereocenters. The lowest BCUT2D eigenvalue weighted by molar-refractivity contribution is 0.491. The highest BCUT2D eigenvalue weighted by atomic mass is 14.9. The maximum Gasteiger partial charge on any atom is 0.00387 e. The van der Waals surface area contributed by atoms with Crippen LogP contribution in [-0.4, -0.2) is 12.6 Å². The van der Waals surface area contributed by atoms with Gasteiger partial charge < -0.3 is 5.32 Å². The Kier molecular flexibility index (Phi) is 4.00. The van der Waals surface area contributed by atoms with Crippen molar-refractivity contribution in [3.63, 3.8) is 0 Å². The SMILES string of the molecule is CCCC(C)NCC1CC1c1ccccc1. The number of hydrogen-bond donors (Lipinski definition) is 1. The molecule has 2 rings (SSSR count). The molecule has 1 heteroatoms. The van der Waals surface area contributed by atoms with Crippen LogP contribution in [-0.2, 0) is 0 Å². The predicted octanol–water partition coefficient (Wildman–Crippen LogP) is 3.57. The first-order valence-corrected chi connectivity index (χ1v) is 6.59. The van der Waals surface area contributed by atoms with Crippen LogP contribution in [0.25, 0.3) is 0 Å². The topological polar surface area (TPSA) is 12.0 Å². The number of rotatable bonds is 6. The molecule has 16 heavy (non-hydrogen) atoms. The molecule has 1 aromatic rings. The summed E-state index contributed by atoms with van der Waals surface area (Å²) >= 11 is 0. The van der Waals surface area contributed by atoms with Crippen LogP contribution < -0.4 is 5.32 Å². The molecular formula is C15H23N. The normalized spacial score (nSPS) is 25.4. The molecule has 0 amide bonds. The second-order valence-corrected chi connectivity index (χ2v) is 5.11. The molecule has 0 bridgehead atoms. The fourth-order valence-electron chi connectivity index (χ4n) is 2.47. The molecule has 88 valence electrons. The Hall–Kier alpha value is -0.820. The monoisotopic (exact) mass is 217 g/mol. The van der Waals surface area contributed by atoms with E-state index in [1.807, 2.05) is 0 Å². The third kappa shape index (κ3) is 3.08. The van der Waals surface area contributed by atoms with Gasteiger partial charge in [-0.1, -0.05) is 43.7 Å². The van der Waals surface area contributed by atoms with E-state index in [1.165, 1.54) is 31.4 Å². The largest absolute Gasteiger partial charge is 0.314 e. The summed E-state index contributed by atoms with van der Waals surface area (Å²) in [6, 6.07) is 11.6. The molecule has 0 saturated heterocycles. The third-order valence-corrected chi connectivity index (χ3v) is 3.60. The molecule has 0 radical (unpaired) electrons. The first-order chi connectivity index (χ1) is 7.81. The Morgan fingerprint density at radius 3 is 2.75 bits per heavy atom. The molecule has 1 N–H and O–H groups in total. The van der Waals surface area contributed by atoms with Crippen LogP contribution in [0.3, 0.4) is 0 Å². The summed E-state index contributed by atoms with van der Waals surface area (Å²) in [5.41, 5.74) is 1.53. The van der Waals surface area contributed by atoms with Crippen molar-refractivity contribution in [2.24, 2.45) is 5.92 Å². The van der Waals surface area contributed by atoms with Gasteiger partial charge in [0.2, 0.25) is 0 Å². The van der Waals surface area contributed by atoms with Gasteiger partial charge in [0.05, 0.1) is 0 Å². The number of hydrogen-bond acceptors (Lipinski definition) is 1. The fraction of sp³-hybridized carbons (Fsp3) is 0.600. The summed E-state index contributed by atoms with van der Waals surface area (Å²) in [5, 5.41) is 3.65. The van der Waals surface area contributed by atoms with Crippen LogP contribution in [0.2, 0.25) is 0 Å². The van der Waals surface area contributed by atoms with Crippen molar-refractivity contribution < 1.29 is 0 Å². The maximum absolute atomic E-state index is 3.65. The van der Waals surface area contributed by atoms with Crippen molar-refractivity contribution in [1.82, 2.24) is 5.32 Å². The minimum absolute atomic E-state index is 0.682. The van der Waals surface area contributed by atoms with Crippen molar-refractivity contribution in [1.29, 1.82) is 0 Å². The van der Waals surface area contributed by atoms with Gasteiger partial charge in [-0.3, -0.25) is 0 Å². The third-order valence-electron chi connectivity index (χ3n) is 3.60. The molecule has 1 fully saturated rings. The Balaban J connectivity index is 1.72. The Labute approximate surface area is 99.3 Å². The van der Waals surface area contributed by atoms with Crippen LogP contribution in [0.15, 0.2) is 30.3 Å². The van der Waals surface area contributed by atoms with Gasteiger partial charge in [-0.15, -0.1) is 0 Å². The quantitative estimate of drug-likeness (QED) is 0.768. The highest BCUT2D eigenvalue weighted by molar-refractivity contribution is 5.25. The van der Waals surface area contributed by atoms with E-state index in [-0.39, 0.29) is 0 Å². The van der Waals surface area contributed by atoms with E-state index in [9.17, 15) is 0 Å². The van der Waals surface area contributed by atoms with Crippen molar-refractivity contribution in [3.8, 4) is 0 Å². The van der Waals surface area contributed by atoms with Gasteiger partial charge in [-0.05, 0) is 43.7 Å². The van der Waals surface area contributed by atoms with Crippen LogP contribution >= 0.6 is 0 Å². The van der Waals surface area contributed by atoms with Gasteiger partial charge in [0.25, 0.3) is 0 Å². The van der Waals surface area contributed by atoms with Crippen LogP contribution in [0.5, 0.6) is 0 Å². The molecule has 0 aromatic heterocycles. The van der Waals surface area contributed by atoms with E-state index in [2.05, 4.69) is 49.5 Å². The van der Waals surface area contributed by atoms with Crippen LogP contribution in [0.1, 0.15) is 44.6 Å². The van der Waals surface area contributed by atoms with E-state index in [4.69, 9.17) is 0 Å². The molecule has 1 aromatic carbocycles. The standard InChI is InChI=1S/C15H23N/c1-3-7-12(2)16-11-14-10-15(14)13-8-5-4-6-9-13/h4-6,8-9,12,14-16H,3,7,10-11H2,1-2H3. The van der Waals surface area contributed by atoms with E-state index < -0.39 is 0 Å². The lowest BCUT2D eigenvalue weighted by atomic mass is 10.1. The molecule has 1 aliphatic carbocycles. The lowest BCUT2D eigenvalue weighted by Gasteiger charge is -2.12. The lowest BCUT2D eigenvalue weighted by Crippen LogP contribution is -2.28. The van der Waals surface area contributed by atoms with Crippen LogP contribution in [0.4, 0.5) is 0 Å². The Morgan fingerprint density at radius 2 is 2.06 bits per heavy atom. The zero-order valence-corrected chi connectivity index (χ0v) is 10.4. The summed E-state index contributed by atoms with van der Waals surface area (Å²) < 4.78 is 0. The smallest absolute Gasteiger partial charge is 0.00387 e. The summed E-state index contributed by atoms with van der Waals surface area (Å²) in [6.07, 6.45) is 3.94. The van der Waals surface area contributed by atoms with Crippen LogP contribution in [0, 0.1) is 5.92 Å². The summed E-state index contributed by atoms with van der Waals surface area (Å²) in [4.78, 5) is 0. The molecule has 1 aliphatic rings. The van der Waals surface area contributed by atoms with Gasteiger partial charge in [0.15, 0.2) is 0 Å². The molecule has 0 heterocycles. The first-order valence-electron chi connectivity index (χ1n) is 6.59. The molecule has 1 saturated carbocycles. The maximum atomic E-state index is 3.65. The molecule has 3 unspecified atom stereocenters. The second-order valence-electron chi connectivity index (χ2n) is 5.11. The summed E-state index contributed by atoms with van der Waals surface area (Å²) in [7, 11) is 0. The van der Waals surface area contributed by atoms with Crippen molar-refractivity contribution in [2.45, 2.75) is 45.1 Å². The summed E-state index contributed by atoms with van der Waals surface area (Å²) in [5.74, 6) is 1.70. The minimum Gasteiger partial charge on any atom is -0.314 e. The predicted molar refractivity (Wildman–Crippen MR) is 69.7 cm³/mol. The van der Waals surface area contributed by atoms with Gasteiger partial charge in [-0.25, -0.2) is 0 Å². The van der Waals surface area contributed by atoms with Gasteiger partial charge in [0, 0.05) is 6.04 Å². The van der Waals surface area contributed by atoms with Gasteiger partial charge in [0.1, 0.15) is 0 Å². The number of benzene rings is 1. The fourth-order valence-corrected chi connectivity index (χ4v) is 2.47. The second kappa shape index (κ2) is 5.49. The molecule has 0 spiro atoms. The Morgan fingerprint density at radius 1 is 1.31 bits per heavy atom. The van der Waals surface area contributed by atoms with E-state index in [1.54, 1.807) is 0 Å². The minimum atomic E-state index is 0.682. The average Bonchev–Trinajstić information content (AvgIpc) is 3.07. The summed E-state index contributed by atoms with van der Waals surface area (Å²) in [6.45, 7) is 5.74. The van der Waals surface area contributed by atoms with Crippen molar-refractivity contribution >= 4 is 0 Å². The highest BCUT2D eigenvalue weighted by Crippen LogP contribution is 2.46. The zero-order valence-electron chi connectivity index (χ0n) is 10.4. The zero-order chi connectivity index (χ0) is 11.4. The van der Waals surface area contributed by atoms with Crippen molar-refractivity contribution in [3.05, 3.63) is 35.9 Å². The van der Waals surface area contributed by atoms with E-state index in [0.29, 0.717) is 6.04 Å². The van der Waals surface area contributed by atoms with Gasteiger partial charge in [-0.2, -0.15) is 0 Å². The van der Waals surface area contributed by atoms with E-state index >= 15 is 0 Å². The van der Waals surface area contributed by atoms with Crippen molar-refractivity contribution in [2.75, 3.05) is 6.54 Å². The van der Waals surface area contributed by atoms with E-state index in [0.717, 1.165) is 11.8 Å². The highest BCUT2D eigenvalue weighted by Gasteiger charge is 2.37.